The molecule has 4 aliphatic rings. The lowest BCUT2D eigenvalue weighted by Gasteiger charge is -2.42. The number of hydrogen-bond acceptors (Lipinski definition) is 13. The first-order chi connectivity index (χ1) is 33.1. The topological polar surface area (TPSA) is 184 Å². The number of nitrogens with zero attached hydrogens (tertiary/aromatic N) is 1. The van der Waals surface area contributed by atoms with E-state index in [1.807, 2.05) is 78.8 Å². The molecule has 14 nitrogen and oxygen atoms in total. The molecular weight excluding hydrogens is 895 g/mol. The molecule has 0 aromatic heterocycles. The highest BCUT2D eigenvalue weighted by atomic mass is 16.6. The average Bonchev–Trinajstić information content (AvgIpc) is 3.33. The molecule has 0 aromatic rings. The molecule has 1 saturated carbocycles. The number of ketones is 3. The summed E-state index contributed by atoms with van der Waals surface area (Å²) in [5.41, 5.74) is 1.67. The van der Waals surface area contributed by atoms with Crippen molar-refractivity contribution in [2.45, 2.75) is 201 Å². The van der Waals surface area contributed by atoms with Gasteiger partial charge in [-0.3, -0.25) is 19.2 Å². The number of cyclic esters (lactones) is 1. The second kappa shape index (κ2) is 28.2. The monoisotopic (exact) mass is 984 g/mol. The van der Waals surface area contributed by atoms with E-state index in [4.69, 9.17) is 28.4 Å². The van der Waals surface area contributed by atoms with Gasteiger partial charge in [0.25, 0.3) is 11.7 Å². The summed E-state index contributed by atoms with van der Waals surface area (Å²) in [6.45, 7) is 19.3. The number of carbonyl (C=O) groups is 5. The molecule has 70 heavy (non-hydrogen) atoms. The van der Waals surface area contributed by atoms with Crippen molar-refractivity contribution in [1.29, 1.82) is 0 Å². The molecule has 2 bridgehead atoms. The van der Waals surface area contributed by atoms with Crippen molar-refractivity contribution in [3.63, 3.8) is 0 Å². The first-order valence-corrected chi connectivity index (χ1v) is 26.3. The molecule has 15 atom stereocenters. The number of allylic oxidation sites excluding steroid dienone is 6. The second-order valence-electron chi connectivity index (χ2n) is 21.4. The maximum absolute atomic E-state index is 14.6. The number of methoxy groups -OCH3 is 2. The van der Waals surface area contributed by atoms with Crippen LogP contribution in [0.2, 0.25) is 0 Å². The van der Waals surface area contributed by atoms with Gasteiger partial charge in [-0.15, -0.1) is 0 Å². The summed E-state index contributed by atoms with van der Waals surface area (Å²) in [5, 5.41) is 21.4. The number of aliphatic hydroxyl groups is 2. The number of fused-ring (bicyclic) bond motifs is 3. The van der Waals surface area contributed by atoms with Gasteiger partial charge in [-0.1, -0.05) is 78.0 Å². The minimum atomic E-state index is -2.42. The van der Waals surface area contributed by atoms with Crippen LogP contribution in [0.5, 0.6) is 0 Å². The fourth-order valence-electron chi connectivity index (χ4n) is 11.1. The van der Waals surface area contributed by atoms with E-state index in [1.54, 1.807) is 28.1 Å². The zero-order valence-corrected chi connectivity index (χ0v) is 44.6. The molecule has 0 spiro atoms. The summed E-state index contributed by atoms with van der Waals surface area (Å²) in [4.78, 5) is 73.0. The number of carbonyl (C=O) groups excluding carboxylic acids is 5. The van der Waals surface area contributed by atoms with Gasteiger partial charge in [-0.05, 0) is 121 Å². The second-order valence-corrected chi connectivity index (χ2v) is 21.4. The molecule has 1 amide bonds. The predicted octanol–water partition coefficient (Wildman–Crippen LogP) is 8.25. The van der Waals surface area contributed by atoms with Crippen LogP contribution in [0.3, 0.4) is 0 Å². The number of esters is 1. The van der Waals surface area contributed by atoms with Gasteiger partial charge in [0, 0.05) is 57.3 Å². The van der Waals surface area contributed by atoms with Crippen LogP contribution in [0.15, 0.2) is 47.6 Å². The molecular formula is C56H89NO13. The summed E-state index contributed by atoms with van der Waals surface area (Å²) >= 11 is 0. The average molecular weight is 984 g/mol. The molecule has 3 heterocycles. The van der Waals surface area contributed by atoms with E-state index in [0.29, 0.717) is 51.4 Å². The van der Waals surface area contributed by atoms with Crippen LogP contribution in [0.25, 0.3) is 0 Å². The number of hydrogen-bond donors (Lipinski definition) is 2. The Labute approximate surface area is 419 Å². The minimum Gasteiger partial charge on any atom is -0.460 e. The maximum Gasteiger partial charge on any atom is 0.329 e. The van der Waals surface area contributed by atoms with E-state index >= 15 is 0 Å². The lowest BCUT2D eigenvalue weighted by molar-refractivity contribution is -0.265. The van der Waals surface area contributed by atoms with Crippen LogP contribution >= 0.6 is 0 Å². The standard InChI is InChI=1S/C56H89NO13/c1-34(2)68-52-40(8)29-37(5)46(59)33-49(38(6)30-43-22-24-47(67-27-26-58)50(31-43)66-12)69-55(63)45-20-16-17-25-57(45)54(62)53(61)56(64)41(9)21-23-44(70-56)32-48(65-11)36(4)19-15-13-14-18-35(3)28-39(7)51(60)42(52)10/h13-15,18-19,29,34-35,37-39,41-45,47-50,52,58,64H,16-17,20-28,30-33H2,1-12H3/b15-13?,18-14+,36-19?,40-29+/t35-,37-,38-,39-,41-,42+,43+,44+,45+,47-,48+,49+,50-,52-,56-/m1/s1. The molecule has 1 aliphatic carbocycles. The van der Waals surface area contributed by atoms with Gasteiger partial charge in [0.05, 0.1) is 49.8 Å². The molecule has 3 fully saturated rings. The smallest absolute Gasteiger partial charge is 0.329 e. The summed E-state index contributed by atoms with van der Waals surface area (Å²) in [6.07, 6.45) is 14.8. The molecule has 396 valence electrons. The van der Waals surface area contributed by atoms with Gasteiger partial charge in [-0.25, -0.2) is 4.79 Å². The molecule has 0 aromatic carbocycles. The van der Waals surface area contributed by atoms with Gasteiger partial charge < -0.3 is 43.5 Å². The van der Waals surface area contributed by atoms with Crippen molar-refractivity contribution in [2.75, 3.05) is 34.0 Å². The molecule has 0 radical (unpaired) electrons. The number of rotatable bonds is 10. The fourth-order valence-corrected chi connectivity index (χ4v) is 11.1. The maximum atomic E-state index is 14.6. The Hall–Kier alpha value is -3.37. The summed E-state index contributed by atoms with van der Waals surface area (Å²) in [7, 11) is 3.24. The van der Waals surface area contributed by atoms with Crippen LogP contribution in [-0.4, -0.2) is 133 Å². The van der Waals surface area contributed by atoms with Crippen LogP contribution in [0.4, 0.5) is 0 Å². The third kappa shape index (κ3) is 16.3. The van der Waals surface area contributed by atoms with E-state index in [9.17, 15) is 34.2 Å². The van der Waals surface area contributed by atoms with Crippen molar-refractivity contribution in [3.8, 4) is 0 Å². The molecule has 3 aliphatic heterocycles. The highest BCUT2D eigenvalue weighted by molar-refractivity contribution is 6.39. The molecule has 0 unspecified atom stereocenters. The largest absolute Gasteiger partial charge is 0.460 e. The van der Waals surface area contributed by atoms with Gasteiger partial charge in [-0.2, -0.15) is 0 Å². The molecule has 2 N–H and O–H groups in total. The Bertz CT molecular complexity index is 1860. The van der Waals surface area contributed by atoms with Crippen LogP contribution in [-0.2, 0) is 52.4 Å². The lowest BCUT2D eigenvalue weighted by Crippen LogP contribution is -2.61. The van der Waals surface area contributed by atoms with Crippen molar-refractivity contribution >= 4 is 29.2 Å². The number of amides is 1. The zero-order valence-electron chi connectivity index (χ0n) is 44.6. The fraction of sp³-hybridized carbons (Fsp3) is 0.768. The van der Waals surface area contributed by atoms with Crippen molar-refractivity contribution in [1.82, 2.24) is 4.90 Å². The third-order valence-electron chi connectivity index (χ3n) is 15.4. The Morgan fingerprint density at radius 1 is 0.843 bits per heavy atom. The van der Waals surface area contributed by atoms with Crippen LogP contribution < -0.4 is 0 Å². The summed E-state index contributed by atoms with van der Waals surface area (Å²) in [6, 6.07) is -1.12. The Morgan fingerprint density at radius 2 is 1.57 bits per heavy atom. The first kappa shape index (κ1) is 59.2. The van der Waals surface area contributed by atoms with Gasteiger partial charge >= 0.3 is 5.97 Å². The molecule has 4 rings (SSSR count). The summed E-state index contributed by atoms with van der Waals surface area (Å²) < 4.78 is 36.6. The lowest BCUT2D eigenvalue weighted by atomic mass is 9.78. The molecule has 2 saturated heterocycles. The van der Waals surface area contributed by atoms with Gasteiger partial charge in [0.1, 0.15) is 23.7 Å². The normalized spacial score (nSPS) is 37.3. The van der Waals surface area contributed by atoms with Crippen molar-refractivity contribution in [3.05, 3.63) is 47.6 Å². The molecule has 14 heteroatoms. The third-order valence-corrected chi connectivity index (χ3v) is 15.4. The summed E-state index contributed by atoms with van der Waals surface area (Å²) in [5.74, 6) is -7.42. The number of Topliss-reactive ketones (excluding diaryl/α,β-unsaturated/α-hetero) is 3. The van der Waals surface area contributed by atoms with E-state index < -0.39 is 71.7 Å². The van der Waals surface area contributed by atoms with Gasteiger partial charge in [0.15, 0.2) is 0 Å². The number of aliphatic hydroxyl groups excluding tert-OH is 1. The highest BCUT2D eigenvalue weighted by Gasteiger charge is 2.53. The van der Waals surface area contributed by atoms with Crippen molar-refractivity contribution in [2.24, 2.45) is 41.4 Å². The van der Waals surface area contributed by atoms with Crippen LogP contribution in [0.1, 0.15) is 146 Å². The quantitative estimate of drug-likeness (QED) is 0.121. The van der Waals surface area contributed by atoms with E-state index in [-0.39, 0.29) is 86.2 Å². The van der Waals surface area contributed by atoms with E-state index in [0.717, 1.165) is 24.0 Å². The highest BCUT2D eigenvalue weighted by Crippen LogP contribution is 2.38. The van der Waals surface area contributed by atoms with E-state index in [2.05, 4.69) is 13.0 Å². The predicted molar refractivity (Wildman–Crippen MR) is 268 cm³/mol. The Balaban J connectivity index is 1.73. The van der Waals surface area contributed by atoms with E-state index in [1.165, 1.54) is 4.90 Å². The van der Waals surface area contributed by atoms with Crippen LogP contribution in [0, 0.1) is 41.4 Å². The zero-order chi connectivity index (χ0) is 51.9. The SMILES string of the molecule is CO[C@H]1C[C@@H]2CC[C@@H](C)[C@@](O)(O2)C(=O)C(=O)N2CCCC[C@H]2C(=O)O[C@H]([C@H](C)C[C@@H]2CC[C@@H](OCCO)[C@H](OC)C2)CC(=O)[C@H](C)/C=C(\C)[C@@H](OC(C)C)[C@@H](C)C(=O)[C@H](C)C[C@H](C)/C=C/C=CC=C1C. The van der Waals surface area contributed by atoms with Crippen molar-refractivity contribution < 1.29 is 62.6 Å². The Kier molecular flexibility index (Phi) is 23.8. The van der Waals surface area contributed by atoms with Gasteiger partial charge in [0.2, 0.25) is 5.79 Å². The first-order valence-electron chi connectivity index (χ1n) is 26.3. The minimum absolute atomic E-state index is 0.0820. The Morgan fingerprint density at radius 3 is 2.24 bits per heavy atom. The number of ether oxygens (including phenoxy) is 6. The number of piperidine rings is 1.